The summed E-state index contributed by atoms with van der Waals surface area (Å²) in [4.78, 5) is 7.12. The number of piperidine rings is 1. The predicted octanol–water partition coefficient (Wildman–Crippen LogP) is 2.99. The third-order valence-corrected chi connectivity index (χ3v) is 4.01. The maximum Gasteiger partial charge on any atom is 0.0707 e. The fraction of sp³-hybridized carbons (Fsp3) is 0.438. The van der Waals surface area contributed by atoms with Crippen molar-refractivity contribution in [2.45, 2.75) is 32.7 Å². The second-order valence-corrected chi connectivity index (χ2v) is 5.38. The van der Waals surface area contributed by atoms with Crippen LogP contribution in [-0.4, -0.2) is 18.1 Å². The Morgan fingerprint density at radius 2 is 1.95 bits per heavy atom. The molecule has 0 spiro atoms. The van der Waals surface area contributed by atoms with E-state index in [1.165, 1.54) is 49.0 Å². The lowest BCUT2D eigenvalue weighted by Crippen LogP contribution is -2.29. The molecule has 1 aromatic heterocycles. The topological polar surface area (TPSA) is 42.2 Å². The van der Waals surface area contributed by atoms with Crippen LogP contribution in [0.4, 0.5) is 5.69 Å². The van der Waals surface area contributed by atoms with Gasteiger partial charge in [-0.1, -0.05) is 0 Å². The summed E-state index contributed by atoms with van der Waals surface area (Å²) in [7, 11) is 0. The number of pyridine rings is 1. The van der Waals surface area contributed by atoms with E-state index in [1.807, 2.05) is 0 Å². The Bertz CT molecular complexity index is 586. The number of hydrogen-bond donors (Lipinski definition) is 1. The van der Waals surface area contributed by atoms with Crippen molar-refractivity contribution in [1.29, 1.82) is 0 Å². The largest absolute Gasteiger partial charge is 0.372 e. The lowest BCUT2D eigenvalue weighted by molar-refractivity contribution is 0.578. The Morgan fingerprint density at radius 3 is 2.68 bits per heavy atom. The molecule has 0 atom stereocenters. The Morgan fingerprint density at radius 1 is 1.16 bits per heavy atom. The molecular formula is C16H21N3. The summed E-state index contributed by atoms with van der Waals surface area (Å²) in [6.45, 7) is 4.95. The normalized spacial score (nSPS) is 16.0. The summed E-state index contributed by atoms with van der Waals surface area (Å²) >= 11 is 0. The highest BCUT2D eigenvalue weighted by Crippen LogP contribution is 2.25. The first-order chi connectivity index (χ1) is 9.28. The van der Waals surface area contributed by atoms with Gasteiger partial charge in [-0.2, -0.15) is 0 Å². The van der Waals surface area contributed by atoms with E-state index in [4.69, 9.17) is 5.73 Å². The van der Waals surface area contributed by atoms with Crippen LogP contribution in [0.25, 0.3) is 10.9 Å². The highest BCUT2D eigenvalue weighted by molar-refractivity contribution is 5.83. The van der Waals surface area contributed by atoms with Gasteiger partial charge in [-0.15, -0.1) is 0 Å². The van der Waals surface area contributed by atoms with Crippen molar-refractivity contribution in [2.24, 2.45) is 5.73 Å². The number of nitrogens with two attached hydrogens (primary N) is 1. The molecule has 3 heteroatoms. The molecule has 2 N–H and O–H groups in total. The lowest BCUT2D eigenvalue weighted by Gasteiger charge is -2.29. The van der Waals surface area contributed by atoms with Crippen LogP contribution in [0.15, 0.2) is 24.3 Å². The number of benzene rings is 1. The Balaban J connectivity index is 2.00. The van der Waals surface area contributed by atoms with Crippen LogP contribution < -0.4 is 10.6 Å². The first-order valence-electron chi connectivity index (χ1n) is 7.13. The van der Waals surface area contributed by atoms with Crippen LogP contribution in [-0.2, 0) is 6.54 Å². The molecule has 1 fully saturated rings. The van der Waals surface area contributed by atoms with Gasteiger partial charge in [-0.25, -0.2) is 0 Å². The van der Waals surface area contributed by atoms with Crippen molar-refractivity contribution in [1.82, 2.24) is 4.98 Å². The summed E-state index contributed by atoms with van der Waals surface area (Å²) in [6.07, 6.45) is 3.98. The van der Waals surface area contributed by atoms with Crippen molar-refractivity contribution >= 4 is 16.6 Å². The number of nitrogens with zero attached hydrogens (tertiary/aromatic N) is 2. The minimum Gasteiger partial charge on any atom is -0.372 e. The quantitative estimate of drug-likeness (QED) is 0.897. The molecule has 1 aliphatic rings. The molecule has 0 amide bonds. The molecule has 0 bridgehead atoms. The average Bonchev–Trinajstić information content (AvgIpc) is 2.47. The molecule has 19 heavy (non-hydrogen) atoms. The monoisotopic (exact) mass is 255 g/mol. The SMILES string of the molecule is Cc1cc2cc(N3CCCCC3)ccc2nc1CN. The summed E-state index contributed by atoms with van der Waals surface area (Å²) < 4.78 is 0. The molecule has 1 aromatic carbocycles. The van der Waals surface area contributed by atoms with Crippen LogP contribution in [0.3, 0.4) is 0 Å². The molecule has 0 aliphatic carbocycles. The van der Waals surface area contributed by atoms with E-state index in [2.05, 4.69) is 41.1 Å². The van der Waals surface area contributed by atoms with E-state index >= 15 is 0 Å². The van der Waals surface area contributed by atoms with E-state index in [0.717, 1.165) is 11.2 Å². The van der Waals surface area contributed by atoms with Gasteiger partial charge >= 0.3 is 0 Å². The van der Waals surface area contributed by atoms with E-state index in [-0.39, 0.29) is 0 Å². The molecule has 3 rings (SSSR count). The number of aromatic nitrogens is 1. The first kappa shape index (κ1) is 12.4. The van der Waals surface area contributed by atoms with Crippen LogP contribution in [0.5, 0.6) is 0 Å². The smallest absolute Gasteiger partial charge is 0.0707 e. The second kappa shape index (κ2) is 5.17. The van der Waals surface area contributed by atoms with Crippen molar-refractivity contribution in [3.05, 3.63) is 35.5 Å². The molecule has 100 valence electrons. The van der Waals surface area contributed by atoms with Gasteiger partial charge in [0.2, 0.25) is 0 Å². The fourth-order valence-corrected chi connectivity index (χ4v) is 2.86. The molecule has 0 radical (unpaired) electrons. The summed E-state index contributed by atoms with van der Waals surface area (Å²) in [5, 5.41) is 1.22. The van der Waals surface area contributed by atoms with Gasteiger partial charge in [0.15, 0.2) is 0 Å². The third kappa shape index (κ3) is 2.43. The highest BCUT2D eigenvalue weighted by atomic mass is 15.1. The molecule has 1 saturated heterocycles. The van der Waals surface area contributed by atoms with Crippen molar-refractivity contribution in [2.75, 3.05) is 18.0 Å². The molecule has 2 aromatic rings. The minimum atomic E-state index is 0.510. The third-order valence-electron chi connectivity index (χ3n) is 4.01. The predicted molar refractivity (Wildman–Crippen MR) is 80.4 cm³/mol. The Kier molecular flexibility index (Phi) is 3.38. The maximum absolute atomic E-state index is 5.72. The van der Waals surface area contributed by atoms with Gasteiger partial charge in [0, 0.05) is 30.7 Å². The zero-order valence-corrected chi connectivity index (χ0v) is 11.5. The van der Waals surface area contributed by atoms with Gasteiger partial charge in [-0.05, 0) is 56.0 Å². The van der Waals surface area contributed by atoms with Crippen LogP contribution in [0.2, 0.25) is 0 Å². The number of aryl methyl sites for hydroxylation is 1. The van der Waals surface area contributed by atoms with Crippen molar-refractivity contribution in [3.63, 3.8) is 0 Å². The van der Waals surface area contributed by atoms with E-state index < -0.39 is 0 Å². The fourth-order valence-electron chi connectivity index (χ4n) is 2.86. The van der Waals surface area contributed by atoms with Gasteiger partial charge in [-0.3, -0.25) is 4.98 Å². The number of fused-ring (bicyclic) bond motifs is 1. The zero-order chi connectivity index (χ0) is 13.2. The molecule has 1 aliphatic heterocycles. The van der Waals surface area contributed by atoms with E-state index in [9.17, 15) is 0 Å². The van der Waals surface area contributed by atoms with Gasteiger partial charge in [0.25, 0.3) is 0 Å². The van der Waals surface area contributed by atoms with E-state index in [0.29, 0.717) is 6.54 Å². The Hall–Kier alpha value is -1.61. The summed E-state index contributed by atoms with van der Waals surface area (Å²) in [6, 6.07) is 8.78. The van der Waals surface area contributed by atoms with Gasteiger partial charge in [0.05, 0.1) is 11.2 Å². The second-order valence-electron chi connectivity index (χ2n) is 5.38. The molecule has 2 heterocycles. The molecule has 3 nitrogen and oxygen atoms in total. The van der Waals surface area contributed by atoms with E-state index in [1.54, 1.807) is 0 Å². The van der Waals surface area contributed by atoms with Gasteiger partial charge in [0.1, 0.15) is 0 Å². The zero-order valence-electron chi connectivity index (χ0n) is 11.5. The standard InChI is InChI=1S/C16H21N3/c1-12-9-13-10-14(19-7-3-2-4-8-19)5-6-15(13)18-16(12)11-17/h5-6,9-10H,2-4,7-8,11,17H2,1H3. The first-order valence-corrected chi connectivity index (χ1v) is 7.13. The van der Waals surface area contributed by atoms with Crippen molar-refractivity contribution < 1.29 is 0 Å². The highest BCUT2D eigenvalue weighted by Gasteiger charge is 2.11. The van der Waals surface area contributed by atoms with Gasteiger partial charge < -0.3 is 10.6 Å². The lowest BCUT2D eigenvalue weighted by atomic mass is 10.1. The average molecular weight is 255 g/mol. The van der Waals surface area contributed by atoms with Crippen LogP contribution >= 0.6 is 0 Å². The van der Waals surface area contributed by atoms with Crippen molar-refractivity contribution in [3.8, 4) is 0 Å². The number of rotatable bonds is 2. The maximum atomic E-state index is 5.72. The van der Waals surface area contributed by atoms with Crippen LogP contribution in [0.1, 0.15) is 30.5 Å². The molecular weight excluding hydrogens is 234 g/mol. The number of hydrogen-bond acceptors (Lipinski definition) is 3. The summed E-state index contributed by atoms with van der Waals surface area (Å²) in [5.41, 5.74) is 10.3. The molecule has 0 saturated carbocycles. The number of anilines is 1. The summed E-state index contributed by atoms with van der Waals surface area (Å²) in [5.74, 6) is 0. The Labute approximate surface area is 114 Å². The molecule has 0 unspecified atom stereocenters. The minimum absolute atomic E-state index is 0.510. The van der Waals surface area contributed by atoms with Crippen LogP contribution in [0, 0.1) is 6.92 Å².